The highest BCUT2D eigenvalue weighted by Gasteiger charge is 2.05. The number of anilines is 1. The quantitative estimate of drug-likeness (QED) is 0.626. The number of benzene rings is 1. The third-order valence-corrected chi connectivity index (χ3v) is 3.32. The van der Waals surface area contributed by atoms with Crippen LogP contribution in [-0.2, 0) is 6.54 Å². The maximum absolute atomic E-state index is 5.64. The monoisotopic (exact) mass is 291 g/mol. The molecule has 0 atom stereocenters. The van der Waals surface area contributed by atoms with Crippen molar-refractivity contribution in [2.45, 2.75) is 6.54 Å². The van der Waals surface area contributed by atoms with Gasteiger partial charge in [0.05, 0.1) is 0 Å². The number of para-hydroxylation sites is 2. The Bertz CT molecular complexity index is 865. The Balaban J connectivity index is 1.53. The first-order chi connectivity index (χ1) is 10.9. The predicted octanol–water partition coefficient (Wildman–Crippen LogP) is 3.02. The molecule has 0 saturated carbocycles. The van der Waals surface area contributed by atoms with E-state index in [0.29, 0.717) is 12.6 Å². The van der Waals surface area contributed by atoms with Crippen molar-refractivity contribution in [2.75, 3.05) is 5.32 Å². The molecule has 0 aliphatic carbocycles. The zero-order chi connectivity index (χ0) is 14.8. The molecule has 0 unspecified atom stereocenters. The average Bonchev–Trinajstić information content (AvgIpc) is 3.22. The molecule has 0 radical (unpaired) electrons. The fourth-order valence-corrected chi connectivity index (χ4v) is 2.23. The van der Waals surface area contributed by atoms with E-state index in [4.69, 9.17) is 4.42 Å². The molecular weight excluding hydrogens is 278 g/mol. The summed E-state index contributed by atoms with van der Waals surface area (Å²) >= 11 is 0. The van der Waals surface area contributed by atoms with Gasteiger partial charge in [-0.15, -0.1) is 0 Å². The van der Waals surface area contributed by atoms with E-state index in [9.17, 15) is 0 Å². The summed E-state index contributed by atoms with van der Waals surface area (Å²) < 4.78 is 7.50. The summed E-state index contributed by atoms with van der Waals surface area (Å²) in [5.74, 6) is 0.828. The lowest BCUT2D eigenvalue weighted by Gasteiger charge is -2.05. The third kappa shape index (κ3) is 2.42. The van der Waals surface area contributed by atoms with Gasteiger partial charge >= 0.3 is 0 Å². The van der Waals surface area contributed by atoms with E-state index >= 15 is 0 Å². The molecule has 0 spiro atoms. The zero-order valence-corrected chi connectivity index (χ0v) is 11.7. The SMILES string of the molecule is c1ccc2oc(NCc3ccnc(-n4ccnc4)c3)nc2c1. The fraction of sp³-hybridized carbons (Fsp3) is 0.0625. The Hall–Kier alpha value is -3.15. The van der Waals surface area contributed by atoms with Gasteiger partial charge in [-0.3, -0.25) is 4.57 Å². The molecule has 3 heterocycles. The second kappa shape index (κ2) is 5.33. The molecule has 4 aromatic rings. The number of imidazole rings is 1. The number of hydrogen-bond donors (Lipinski definition) is 1. The lowest BCUT2D eigenvalue weighted by atomic mass is 10.2. The van der Waals surface area contributed by atoms with Crippen molar-refractivity contribution in [3.05, 3.63) is 66.9 Å². The van der Waals surface area contributed by atoms with Crippen LogP contribution in [0.1, 0.15) is 5.56 Å². The van der Waals surface area contributed by atoms with Crippen molar-refractivity contribution in [3.8, 4) is 5.82 Å². The lowest BCUT2D eigenvalue weighted by molar-refractivity contribution is 0.614. The Labute approximate surface area is 126 Å². The highest BCUT2D eigenvalue weighted by molar-refractivity contribution is 5.74. The van der Waals surface area contributed by atoms with Crippen molar-refractivity contribution >= 4 is 17.1 Å². The minimum Gasteiger partial charge on any atom is -0.424 e. The number of fused-ring (bicyclic) bond motifs is 1. The van der Waals surface area contributed by atoms with Crippen LogP contribution in [0.3, 0.4) is 0 Å². The summed E-state index contributed by atoms with van der Waals surface area (Å²) in [6.45, 7) is 0.608. The normalized spacial score (nSPS) is 10.9. The number of nitrogens with one attached hydrogen (secondary N) is 1. The average molecular weight is 291 g/mol. The van der Waals surface area contributed by atoms with E-state index < -0.39 is 0 Å². The van der Waals surface area contributed by atoms with Crippen LogP contribution in [0.25, 0.3) is 16.9 Å². The smallest absolute Gasteiger partial charge is 0.295 e. The predicted molar refractivity (Wildman–Crippen MR) is 82.7 cm³/mol. The molecule has 3 aromatic heterocycles. The minimum atomic E-state index is 0.516. The van der Waals surface area contributed by atoms with E-state index in [-0.39, 0.29) is 0 Å². The van der Waals surface area contributed by atoms with Gasteiger partial charge in [-0.25, -0.2) is 9.97 Å². The Morgan fingerprint density at radius 2 is 2.09 bits per heavy atom. The van der Waals surface area contributed by atoms with Crippen LogP contribution in [0.2, 0.25) is 0 Å². The van der Waals surface area contributed by atoms with Crippen LogP contribution in [0, 0.1) is 0 Å². The van der Waals surface area contributed by atoms with Gasteiger partial charge in [-0.1, -0.05) is 12.1 Å². The van der Waals surface area contributed by atoms with Crippen LogP contribution in [0.5, 0.6) is 0 Å². The molecule has 0 aliphatic rings. The Morgan fingerprint density at radius 3 is 2.95 bits per heavy atom. The molecule has 0 amide bonds. The Morgan fingerprint density at radius 1 is 1.14 bits per heavy atom. The maximum Gasteiger partial charge on any atom is 0.295 e. The third-order valence-electron chi connectivity index (χ3n) is 3.32. The first kappa shape index (κ1) is 12.6. The molecular formula is C16H13N5O. The van der Waals surface area contributed by atoms with Crippen molar-refractivity contribution in [2.24, 2.45) is 0 Å². The first-order valence-electron chi connectivity index (χ1n) is 6.91. The molecule has 0 aliphatic heterocycles. The summed E-state index contributed by atoms with van der Waals surface area (Å²) in [4.78, 5) is 12.7. The number of oxazole rings is 1. The fourth-order valence-electron chi connectivity index (χ4n) is 2.23. The number of aromatic nitrogens is 4. The summed E-state index contributed by atoms with van der Waals surface area (Å²) in [6, 6.07) is 12.2. The number of hydrogen-bond acceptors (Lipinski definition) is 5. The van der Waals surface area contributed by atoms with E-state index in [1.54, 1.807) is 18.7 Å². The van der Waals surface area contributed by atoms with Crippen LogP contribution in [0.4, 0.5) is 6.01 Å². The van der Waals surface area contributed by atoms with Gasteiger partial charge < -0.3 is 9.73 Å². The van der Waals surface area contributed by atoms with Crippen LogP contribution in [0.15, 0.2) is 65.7 Å². The van der Waals surface area contributed by atoms with E-state index in [1.165, 1.54) is 0 Å². The van der Waals surface area contributed by atoms with E-state index in [2.05, 4.69) is 20.3 Å². The largest absolute Gasteiger partial charge is 0.424 e. The van der Waals surface area contributed by atoms with Crippen molar-refractivity contribution < 1.29 is 4.42 Å². The van der Waals surface area contributed by atoms with Gasteiger partial charge in [-0.05, 0) is 29.8 Å². The highest BCUT2D eigenvalue weighted by atomic mass is 16.4. The first-order valence-corrected chi connectivity index (χ1v) is 6.91. The molecule has 1 aromatic carbocycles. The standard InChI is InChI=1S/C16H13N5O/c1-2-4-14-13(3-1)20-16(22-14)19-10-12-5-6-18-15(9-12)21-8-7-17-11-21/h1-9,11H,10H2,(H,19,20). The van der Waals surface area contributed by atoms with Gasteiger partial charge in [0, 0.05) is 25.1 Å². The molecule has 0 saturated heterocycles. The molecule has 6 nitrogen and oxygen atoms in total. The van der Waals surface area contributed by atoms with Gasteiger partial charge in [0.15, 0.2) is 5.58 Å². The molecule has 0 fully saturated rings. The van der Waals surface area contributed by atoms with Crippen LogP contribution < -0.4 is 5.32 Å². The number of nitrogens with zero attached hydrogens (tertiary/aromatic N) is 4. The highest BCUT2D eigenvalue weighted by Crippen LogP contribution is 2.18. The number of rotatable bonds is 4. The van der Waals surface area contributed by atoms with Gasteiger partial charge in [0.1, 0.15) is 17.7 Å². The Kier molecular flexibility index (Phi) is 3.05. The molecule has 108 valence electrons. The molecule has 6 heteroatoms. The second-order valence-corrected chi connectivity index (χ2v) is 4.83. The van der Waals surface area contributed by atoms with Crippen molar-refractivity contribution in [3.63, 3.8) is 0 Å². The lowest BCUT2D eigenvalue weighted by Crippen LogP contribution is -2.02. The van der Waals surface area contributed by atoms with Crippen molar-refractivity contribution in [1.29, 1.82) is 0 Å². The van der Waals surface area contributed by atoms with Gasteiger partial charge in [-0.2, -0.15) is 4.98 Å². The molecule has 0 bridgehead atoms. The van der Waals surface area contributed by atoms with Crippen LogP contribution in [-0.4, -0.2) is 19.5 Å². The molecule has 4 rings (SSSR count). The molecule has 22 heavy (non-hydrogen) atoms. The van der Waals surface area contributed by atoms with Crippen molar-refractivity contribution in [1.82, 2.24) is 19.5 Å². The minimum absolute atomic E-state index is 0.516. The summed E-state index contributed by atoms with van der Waals surface area (Å²) in [6.07, 6.45) is 7.09. The van der Waals surface area contributed by atoms with E-state index in [1.807, 2.05) is 47.2 Å². The van der Waals surface area contributed by atoms with Gasteiger partial charge in [0.2, 0.25) is 0 Å². The van der Waals surface area contributed by atoms with Crippen LogP contribution >= 0.6 is 0 Å². The number of pyridine rings is 1. The molecule has 1 N–H and O–H groups in total. The summed E-state index contributed by atoms with van der Waals surface area (Å²) in [5, 5.41) is 3.19. The summed E-state index contributed by atoms with van der Waals surface area (Å²) in [7, 11) is 0. The van der Waals surface area contributed by atoms with Gasteiger partial charge in [0.25, 0.3) is 6.01 Å². The second-order valence-electron chi connectivity index (χ2n) is 4.83. The topological polar surface area (TPSA) is 68.8 Å². The summed E-state index contributed by atoms with van der Waals surface area (Å²) in [5.41, 5.74) is 2.71. The maximum atomic E-state index is 5.64. The zero-order valence-electron chi connectivity index (χ0n) is 11.7. The van der Waals surface area contributed by atoms with E-state index in [0.717, 1.165) is 22.5 Å².